The van der Waals surface area contributed by atoms with E-state index in [2.05, 4.69) is 15.3 Å². The molecule has 0 aliphatic carbocycles. The topological polar surface area (TPSA) is 104 Å². The van der Waals surface area contributed by atoms with Crippen molar-refractivity contribution in [2.45, 2.75) is 32.1 Å². The first-order chi connectivity index (χ1) is 9.69. The van der Waals surface area contributed by atoms with E-state index < -0.39 is 0 Å². The summed E-state index contributed by atoms with van der Waals surface area (Å²) in [6, 6.07) is 5.29. The highest BCUT2D eigenvalue weighted by atomic mass is 16.1. The van der Waals surface area contributed by atoms with Gasteiger partial charge in [-0.2, -0.15) is 0 Å². The van der Waals surface area contributed by atoms with E-state index in [1.807, 2.05) is 0 Å². The second-order valence-corrected chi connectivity index (χ2v) is 4.84. The highest BCUT2D eigenvalue weighted by Crippen LogP contribution is 2.15. The van der Waals surface area contributed by atoms with Crippen LogP contribution in [0.4, 0.5) is 5.69 Å². The number of hydrogen-bond acceptors (Lipinski definition) is 3. The van der Waals surface area contributed by atoms with Crippen LogP contribution >= 0.6 is 0 Å². The molecule has 0 fully saturated rings. The minimum atomic E-state index is -0.247. The lowest BCUT2D eigenvalue weighted by molar-refractivity contribution is -0.116. The smallest absolute Gasteiger partial charge is 0.323 e. The van der Waals surface area contributed by atoms with Crippen molar-refractivity contribution in [3.05, 3.63) is 28.7 Å². The maximum absolute atomic E-state index is 11.8. The van der Waals surface area contributed by atoms with Crippen LogP contribution in [0, 0.1) is 0 Å². The lowest BCUT2D eigenvalue weighted by atomic mass is 10.1. The highest BCUT2D eigenvalue weighted by molar-refractivity contribution is 5.92. The average Bonchev–Trinajstić information content (AvgIpc) is 2.78. The summed E-state index contributed by atoms with van der Waals surface area (Å²) in [5.41, 5.74) is 7.28. The average molecular weight is 276 g/mol. The maximum Gasteiger partial charge on any atom is 0.323 e. The standard InChI is InChI=1S/C14H20N4O2/c15-8-4-2-1-3-5-13(19)16-10-6-7-11-12(9-10)18-14(20)17-11/h6-7,9H,1-5,8,15H2,(H,16,19)(H2,17,18,20). The van der Waals surface area contributed by atoms with E-state index in [0.717, 1.165) is 31.2 Å². The Labute approximate surface area is 116 Å². The molecule has 1 aromatic heterocycles. The number of carbonyl (C=O) groups is 1. The Morgan fingerprint density at radius 2 is 1.85 bits per heavy atom. The summed E-state index contributed by atoms with van der Waals surface area (Å²) in [5, 5.41) is 2.83. The van der Waals surface area contributed by atoms with Crippen molar-refractivity contribution in [2.24, 2.45) is 5.73 Å². The van der Waals surface area contributed by atoms with Gasteiger partial charge in [-0.15, -0.1) is 0 Å². The number of carbonyl (C=O) groups excluding carboxylic acids is 1. The maximum atomic E-state index is 11.8. The van der Waals surface area contributed by atoms with Crippen LogP contribution < -0.4 is 16.7 Å². The molecule has 0 aliphatic rings. The van der Waals surface area contributed by atoms with E-state index in [-0.39, 0.29) is 11.6 Å². The Morgan fingerprint density at radius 1 is 1.10 bits per heavy atom. The van der Waals surface area contributed by atoms with Gasteiger partial charge in [0, 0.05) is 12.1 Å². The first-order valence-electron chi connectivity index (χ1n) is 6.91. The van der Waals surface area contributed by atoms with Crippen LogP contribution in [0.25, 0.3) is 11.0 Å². The van der Waals surface area contributed by atoms with Gasteiger partial charge in [-0.25, -0.2) is 4.79 Å². The number of nitrogens with two attached hydrogens (primary N) is 1. The van der Waals surface area contributed by atoms with Gasteiger partial charge in [0.25, 0.3) is 0 Å². The number of benzene rings is 1. The van der Waals surface area contributed by atoms with Gasteiger partial charge in [0.15, 0.2) is 0 Å². The number of imidazole rings is 1. The second kappa shape index (κ2) is 6.91. The molecular formula is C14H20N4O2. The molecule has 0 unspecified atom stereocenters. The van der Waals surface area contributed by atoms with Gasteiger partial charge in [-0.1, -0.05) is 12.8 Å². The van der Waals surface area contributed by atoms with Gasteiger partial charge >= 0.3 is 5.69 Å². The number of aromatic amines is 2. The third kappa shape index (κ3) is 3.96. The molecule has 0 spiro atoms. The van der Waals surface area contributed by atoms with Crippen LogP contribution in [0.5, 0.6) is 0 Å². The zero-order valence-electron chi connectivity index (χ0n) is 11.4. The number of rotatable bonds is 7. The van der Waals surface area contributed by atoms with Crippen molar-refractivity contribution in [3.63, 3.8) is 0 Å². The fraction of sp³-hybridized carbons (Fsp3) is 0.429. The Bertz CT molecular complexity index is 629. The van der Waals surface area contributed by atoms with Crippen LogP contribution in [0.3, 0.4) is 0 Å². The summed E-state index contributed by atoms with van der Waals surface area (Å²) in [6.45, 7) is 0.709. The molecule has 5 N–H and O–H groups in total. The molecule has 1 aromatic carbocycles. The van der Waals surface area contributed by atoms with Gasteiger partial charge in [-0.05, 0) is 37.6 Å². The lowest BCUT2D eigenvalue weighted by Crippen LogP contribution is -2.11. The first-order valence-corrected chi connectivity index (χ1v) is 6.91. The third-order valence-electron chi connectivity index (χ3n) is 3.16. The van der Waals surface area contributed by atoms with Gasteiger partial charge in [0.2, 0.25) is 5.91 Å². The fourth-order valence-corrected chi connectivity index (χ4v) is 2.12. The molecule has 0 radical (unpaired) electrons. The first kappa shape index (κ1) is 14.3. The molecule has 0 aliphatic heterocycles. The zero-order valence-corrected chi connectivity index (χ0v) is 11.4. The number of nitrogens with one attached hydrogen (secondary N) is 3. The number of hydrogen-bond donors (Lipinski definition) is 4. The summed E-state index contributed by atoms with van der Waals surface area (Å²) in [6.07, 6.45) is 4.48. The Morgan fingerprint density at radius 3 is 2.65 bits per heavy atom. The van der Waals surface area contributed by atoms with E-state index in [4.69, 9.17) is 5.73 Å². The van der Waals surface area contributed by atoms with Crippen molar-refractivity contribution >= 4 is 22.6 Å². The molecule has 1 heterocycles. The normalized spacial score (nSPS) is 10.8. The number of anilines is 1. The number of amides is 1. The number of fused-ring (bicyclic) bond motifs is 1. The Balaban J connectivity index is 1.84. The molecular weight excluding hydrogens is 256 g/mol. The molecule has 6 heteroatoms. The molecule has 1 amide bonds. The lowest BCUT2D eigenvalue weighted by Gasteiger charge is -2.05. The van der Waals surface area contributed by atoms with Crippen molar-refractivity contribution < 1.29 is 4.79 Å². The molecule has 0 bridgehead atoms. The Kier molecular flexibility index (Phi) is 4.95. The molecule has 108 valence electrons. The fourth-order valence-electron chi connectivity index (χ4n) is 2.12. The molecule has 0 saturated carbocycles. The molecule has 20 heavy (non-hydrogen) atoms. The number of H-pyrrole nitrogens is 2. The summed E-state index contributed by atoms with van der Waals surface area (Å²) < 4.78 is 0. The number of aromatic nitrogens is 2. The summed E-state index contributed by atoms with van der Waals surface area (Å²) in [7, 11) is 0. The summed E-state index contributed by atoms with van der Waals surface area (Å²) >= 11 is 0. The van der Waals surface area contributed by atoms with Crippen LogP contribution in [0.2, 0.25) is 0 Å². The van der Waals surface area contributed by atoms with Crippen LogP contribution in [0.1, 0.15) is 32.1 Å². The van der Waals surface area contributed by atoms with Gasteiger partial charge in [0.1, 0.15) is 0 Å². The van der Waals surface area contributed by atoms with E-state index in [9.17, 15) is 9.59 Å². The predicted molar refractivity (Wildman–Crippen MR) is 79.7 cm³/mol. The van der Waals surface area contributed by atoms with E-state index >= 15 is 0 Å². The summed E-state index contributed by atoms with van der Waals surface area (Å²) in [5.74, 6) is -0.00465. The summed E-state index contributed by atoms with van der Waals surface area (Å²) in [4.78, 5) is 28.2. The predicted octanol–water partition coefficient (Wildman–Crippen LogP) is 1.70. The van der Waals surface area contributed by atoms with Crippen molar-refractivity contribution in [3.8, 4) is 0 Å². The highest BCUT2D eigenvalue weighted by Gasteiger charge is 2.04. The van der Waals surface area contributed by atoms with Crippen LogP contribution in [-0.4, -0.2) is 22.4 Å². The zero-order chi connectivity index (χ0) is 14.4. The molecule has 6 nitrogen and oxygen atoms in total. The van der Waals surface area contributed by atoms with Crippen molar-refractivity contribution in [1.82, 2.24) is 9.97 Å². The molecule has 2 rings (SSSR count). The number of unbranched alkanes of at least 4 members (excludes halogenated alkanes) is 3. The Hall–Kier alpha value is -2.08. The molecule has 0 saturated heterocycles. The van der Waals surface area contributed by atoms with Crippen molar-refractivity contribution in [1.29, 1.82) is 0 Å². The van der Waals surface area contributed by atoms with Crippen LogP contribution in [0.15, 0.2) is 23.0 Å². The quantitative estimate of drug-likeness (QED) is 0.578. The van der Waals surface area contributed by atoms with E-state index in [1.165, 1.54) is 0 Å². The largest absolute Gasteiger partial charge is 0.330 e. The molecule has 0 atom stereocenters. The van der Waals surface area contributed by atoms with Gasteiger partial charge in [-0.3, -0.25) is 4.79 Å². The molecule has 2 aromatic rings. The van der Waals surface area contributed by atoms with Crippen LogP contribution in [-0.2, 0) is 4.79 Å². The monoisotopic (exact) mass is 276 g/mol. The van der Waals surface area contributed by atoms with E-state index in [0.29, 0.717) is 24.2 Å². The van der Waals surface area contributed by atoms with E-state index in [1.54, 1.807) is 18.2 Å². The minimum absolute atomic E-state index is 0.00465. The second-order valence-electron chi connectivity index (χ2n) is 4.84. The minimum Gasteiger partial charge on any atom is -0.330 e. The SMILES string of the molecule is NCCCCCCC(=O)Nc1ccc2[nH]c(=O)[nH]c2c1. The van der Waals surface area contributed by atoms with Gasteiger partial charge < -0.3 is 21.0 Å². The van der Waals surface area contributed by atoms with Gasteiger partial charge in [0.05, 0.1) is 11.0 Å². The third-order valence-corrected chi connectivity index (χ3v) is 3.16. The van der Waals surface area contributed by atoms with Crippen molar-refractivity contribution in [2.75, 3.05) is 11.9 Å².